The van der Waals surface area contributed by atoms with E-state index in [0.29, 0.717) is 22.0 Å². The second kappa shape index (κ2) is 10.0. The van der Waals surface area contributed by atoms with Crippen molar-refractivity contribution in [2.75, 3.05) is 23.3 Å². The number of aryl methyl sites for hydroxylation is 1. The molecule has 1 aromatic carbocycles. The molecule has 4 heterocycles. The number of aromatic nitrogens is 4. The molecule has 3 N–H and O–H groups in total. The van der Waals surface area contributed by atoms with Crippen LogP contribution in [0.3, 0.4) is 0 Å². The number of hydroxylamine groups is 1. The Morgan fingerprint density at radius 2 is 1.85 bits per heavy atom. The van der Waals surface area contributed by atoms with Gasteiger partial charge >= 0.3 is 6.18 Å². The van der Waals surface area contributed by atoms with Gasteiger partial charge in [0.1, 0.15) is 10.8 Å². The van der Waals surface area contributed by atoms with Crippen molar-refractivity contribution in [1.82, 2.24) is 24.8 Å². The number of piperidine rings is 1. The van der Waals surface area contributed by atoms with Crippen molar-refractivity contribution in [3.63, 3.8) is 0 Å². The first-order valence-electron chi connectivity index (χ1n) is 12.2. The number of hydrogen-bond donors (Lipinski definition) is 3. The first kappa shape index (κ1) is 27.8. The Labute approximate surface area is 228 Å². The van der Waals surface area contributed by atoms with Crippen LogP contribution in [0, 0.1) is 6.92 Å². The van der Waals surface area contributed by atoms with Crippen molar-refractivity contribution >= 4 is 45.7 Å². The number of anilines is 2. The van der Waals surface area contributed by atoms with E-state index in [1.807, 2.05) is 0 Å². The van der Waals surface area contributed by atoms with Crippen LogP contribution in [0.25, 0.3) is 16.6 Å². The lowest BCUT2D eigenvalue weighted by molar-refractivity contribution is -0.140. The zero-order valence-electron chi connectivity index (χ0n) is 21.2. The molecule has 15 heteroatoms. The first-order valence-corrected chi connectivity index (χ1v) is 12.6. The van der Waals surface area contributed by atoms with E-state index in [2.05, 4.69) is 15.3 Å². The van der Waals surface area contributed by atoms with Crippen LogP contribution in [0.5, 0.6) is 0 Å². The molecule has 3 aromatic heterocycles. The minimum absolute atomic E-state index is 0.0124. The number of hydrogen-bond acceptors (Lipinski definition) is 7. The lowest BCUT2D eigenvalue weighted by atomic mass is 10.0. The first-order chi connectivity index (χ1) is 18.8. The highest BCUT2D eigenvalue weighted by Crippen LogP contribution is 2.37. The summed E-state index contributed by atoms with van der Waals surface area (Å²) in [5.41, 5.74) is 1.94. The summed E-state index contributed by atoms with van der Waals surface area (Å²) in [6.45, 7) is 3.29. The van der Waals surface area contributed by atoms with E-state index in [4.69, 9.17) is 21.8 Å². The lowest BCUT2D eigenvalue weighted by Crippen LogP contribution is -2.40. The summed E-state index contributed by atoms with van der Waals surface area (Å²) in [4.78, 5) is 26.2. The van der Waals surface area contributed by atoms with Gasteiger partial charge in [-0.05, 0) is 37.6 Å². The monoisotopic (exact) mass is 583 g/mol. The summed E-state index contributed by atoms with van der Waals surface area (Å²) >= 11 is 5.92. The number of rotatable bonds is 5. The highest BCUT2D eigenvalue weighted by atomic mass is 35.5. The van der Waals surface area contributed by atoms with Crippen molar-refractivity contribution < 1.29 is 32.0 Å². The molecule has 0 spiro atoms. The van der Waals surface area contributed by atoms with Gasteiger partial charge in [0.25, 0.3) is 11.8 Å². The zero-order chi connectivity index (χ0) is 29.0. The fourth-order valence-electron chi connectivity index (χ4n) is 4.79. The number of carbonyl (C=O) groups is 1. The number of carbonyl (C=O) groups excluding carboxylic acids is 1. The Kier molecular flexibility index (Phi) is 6.94. The van der Waals surface area contributed by atoms with Crippen molar-refractivity contribution in [3.05, 3.63) is 58.1 Å². The number of alkyl halides is 5. The Morgan fingerprint density at radius 3 is 2.50 bits per heavy atom. The number of amides is 1. The standard InChI is InChI=1S/C25H23ClF5N7O2/c1-12-9-14(13(2)32-16-3-4-18(26)34-20(16)22(39)36-40)19-15(10-12)21-33-17(25(29,30)31)11-38(21)23(35-19)37-7-5-24(27,28)6-8-37/h3-4,9-11,13,32,40H,5-8H2,1-2H3,(H,36,39)/t13-/m1/s1. The van der Waals surface area contributed by atoms with Gasteiger partial charge < -0.3 is 10.2 Å². The number of imidazole rings is 1. The van der Waals surface area contributed by atoms with Gasteiger partial charge in [0.15, 0.2) is 11.4 Å². The predicted octanol–water partition coefficient (Wildman–Crippen LogP) is 5.79. The largest absolute Gasteiger partial charge is 0.434 e. The molecule has 40 heavy (non-hydrogen) atoms. The highest BCUT2D eigenvalue weighted by molar-refractivity contribution is 6.29. The van der Waals surface area contributed by atoms with Crippen LogP contribution in [0.2, 0.25) is 5.15 Å². The maximum absolute atomic E-state index is 13.9. The van der Waals surface area contributed by atoms with E-state index in [0.717, 1.165) is 6.20 Å². The molecular weight excluding hydrogens is 561 g/mol. The summed E-state index contributed by atoms with van der Waals surface area (Å²) in [5.74, 6) is -3.72. The van der Waals surface area contributed by atoms with Gasteiger partial charge in [-0.15, -0.1) is 0 Å². The SMILES string of the molecule is Cc1cc([C@@H](C)Nc2ccc(Cl)nc2C(=O)NO)c2nc(N3CCC(F)(F)CC3)n3cc(C(F)(F)F)nc3c2c1. The van der Waals surface area contributed by atoms with Gasteiger partial charge in [0.2, 0.25) is 5.95 Å². The maximum atomic E-state index is 13.9. The number of nitrogens with one attached hydrogen (secondary N) is 2. The van der Waals surface area contributed by atoms with E-state index in [-0.39, 0.29) is 41.2 Å². The molecule has 212 valence electrons. The molecular formula is C25H23ClF5N7O2. The normalized spacial score (nSPS) is 16.4. The smallest absolute Gasteiger partial charge is 0.377 e. The van der Waals surface area contributed by atoms with E-state index in [1.165, 1.54) is 26.9 Å². The van der Waals surface area contributed by atoms with Crippen LogP contribution in [0.15, 0.2) is 30.5 Å². The minimum atomic E-state index is -4.74. The van der Waals surface area contributed by atoms with E-state index in [9.17, 15) is 26.7 Å². The maximum Gasteiger partial charge on any atom is 0.434 e. The Bertz CT molecular complexity index is 1620. The van der Waals surface area contributed by atoms with Gasteiger partial charge in [-0.2, -0.15) is 13.2 Å². The second-order valence-corrected chi connectivity index (χ2v) is 10.0. The number of halogens is 6. The third kappa shape index (κ3) is 5.20. The van der Waals surface area contributed by atoms with Crippen molar-refractivity contribution in [2.45, 2.75) is 44.8 Å². The van der Waals surface area contributed by atoms with Crippen LogP contribution in [-0.4, -0.2) is 49.5 Å². The molecule has 0 radical (unpaired) electrons. The summed E-state index contributed by atoms with van der Waals surface area (Å²) in [6, 6.07) is 5.77. The average Bonchev–Trinajstić information content (AvgIpc) is 3.35. The van der Waals surface area contributed by atoms with Gasteiger partial charge in [0.05, 0.1) is 17.2 Å². The Balaban J connectivity index is 1.68. The molecule has 0 bridgehead atoms. The van der Waals surface area contributed by atoms with Crippen LogP contribution in [-0.2, 0) is 6.18 Å². The third-order valence-electron chi connectivity index (χ3n) is 6.74. The molecule has 1 aliphatic rings. The lowest BCUT2D eigenvalue weighted by Gasteiger charge is -2.33. The number of nitrogens with zero attached hydrogens (tertiary/aromatic N) is 5. The molecule has 1 saturated heterocycles. The number of pyridine rings is 1. The summed E-state index contributed by atoms with van der Waals surface area (Å²) in [7, 11) is 0. The fourth-order valence-corrected chi connectivity index (χ4v) is 4.94. The van der Waals surface area contributed by atoms with Gasteiger partial charge in [0, 0.05) is 43.1 Å². The summed E-state index contributed by atoms with van der Waals surface area (Å²) in [6.07, 6.45) is -4.84. The fraction of sp³-hybridized carbons (Fsp3) is 0.360. The third-order valence-corrected chi connectivity index (χ3v) is 6.95. The summed E-state index contributed by atoms with van der Waals surface area (Å²) in [5, 5.41) is 12.6. The van der Waals surface area contributed by atoms with E-state index < -0.39 is 42.6 Å². The van der Waals surface area contributed by atoms with Crippen LogP contribution >= 0.6 is 11.6 Å². The molecule has 9 nitrogen and oxygen atoms in total. The van der Waals surface area contributed by atoms with Gasteiger partial charge in [-0.3, -0.25) is 14.4 Å². The number of fused-ring (bicyclic) bond motifs is 3. The van der Waals surface area contributed by atoms with E-state index in [1.54, 1.807) is 26.0 Å². The molecule has 0 unspecified atom stereocenters. The Morgan fingerprint density at radius 1 is 1.15 bits per heavy atom. The Hall–Kier alpha value is -3.78. The van der Waals surface area contributed by atoms with Crippen molar-refractivity contribution in [1.29, 1.82) is 0 Å². The topological polar surface area (TPSA) is 108 Å². The second-order valence-electron chi connectivity index (χ2n) is 9.66. The zero-order valence-corrected chi connectivity index (χ0v) is 21.9. The molecule has 1 amide bonds. The molecule has 1 fully saturated rings. The average molecular weight is 584 g/mol. The highest BCUT2D eigenvalue weighted by Gasteiger charge is 2.38. The molecule has 1 aliphatic heterocycles. The predicted molar refractivity (Wildman–Crippen MR) is 137 cm³/mol. The van der Waals surface area contributed by atoms with Crippen LogP contribution in [0.1, 0.15) is 53.1 Å². The van der Waals surface area contributed by atoms with Crippen molar-refractivity contribution in [2.24, 2.45) is 0 Å². The van der Waals surface area contributed by atoms with Gasteiger partial charge in [-0.25, -0.2) is 29.2 Å². The summed E-state index contributed by atoms with van der Waals surface area (Å²) < 4.78 is 70.1. The van der Waals surface area contributed by atoms with Crippen molar-refractivity contribution in [3.8, 4) is 0 Å². The number of benzene rings is 1. The molecule has 0 aliphatic carbocycles. The molecule has 1 atom stereocenters. The molecule has 0 saturated carbocycles. The quantitative estimate of drug-likeness (QED) is 0.118. The van der Waals surface area contributed by atoms with Crippen LogP contribution < -0.4 is 15.7 Å². The molecule has 5 rings (SSSR count). The molecule has 4 aromatic rings. The van der Waals surface area contributed by atoms with Crippen LogP contribution in [0.4, 0.5) is 33.6 Å². The van der Waals surface area contributed by atoms with E-state index >= 15 is 0 Å². The minimum Gasteiger partial charge on any atom is -0.377 e. The van der Waals surface area contributed by atoms with Gasteiger partial charge in [-0.1, -0.05) is 17.7 Å².